The zero-order valence-electron chi connectivity index (χ0n) is 12.4. The van der Waals surface area contributed by atoms with Gasteiger partial charge in [-0.25, -0.2) is 0 Å². The zero-order valence-corrected chi connectivity index (χ0v) is 12.4. The lowest BCUT2D eigenvalue weighted by molar-refractivity contribution is 0.105. The molecule has 16 heavy (non-hydrogen) atoms. The van der Waals surface area contributed by atoms with E-state index in [1.54, 1.807) is 0 Å². The van der Waals surface area contributed by atoms with Gasteiger partial charge in [0.05, 0.1) is 0 Å². The first kappa shape index (κ1) is 15.9. The highest BCUT2D eigenvalue weighted by Gasteiger charge is 2.24. The molecule has 0 saturated heterocycles. The predicted octanol–water partition coefficient (Wildman–Crippen LogP) is 3.13. The molecule has 0 bridgehead atoms. The van der Waals surface area contributed by atoms with Crippen molar-refractivity contribution < 1.29 is 0 Å². The second-order valence-corrected chi connectivity index (χ2v) is 6.01. The highest BCUT2D eigenvalue weighted by atomic mass is 15.2. The van der Waals surface area contributed by atoms with Crippen molar-refractivity contribution in [2.24, 2.45) is 5.92 Å². The molecule has 2 nitrogen and oxygen atoms in total. The Bertz CT molecular complexity index is 176. The van der Waals surface area contributed by atoms with Crippen LogP contribution in [0.15, 0.2) is 0 Å². The fourth-order valence-corrected chi connectivity index (χ4v) is 1.68. The summed E-state index contributed by atoms with van der Waals surface area (Å²) in [6.45, 7) is 16.0. The molecule has 1 atom stereocenters. The van der Waals surface area contributed by atoms with Gasteiger partial charge in [0.1, 0.15) is 0 Å². The van der Waals surface area contributed by atoms with Crippen molar-refractivity contribution in [2.45, 2.75) is 66.0 Å². The maximum atomic E-state index is 3.55. The van der Waals surface area contributed by atoms with Gasteiger partial charge in [-0.15, -0.1) is 0 Å². The molecule has 0 aromatic carbocycles. The number of rotatable bonds is 8. The second-order valence-electron chi connectivity index (χ2n) is 6.01. The number of nitrogens with zero attached hydrogens (tertiary/aromatic N) is 1. The number of hydrogen-bond acceptors (Lipinski definition) is 2. The van der Waals surface area contributed by atoms with Crippen molar-refractivity contribution in [3.63, 3.8) is 0 Å². The highest BCUT2D eigenvalue weighted by Crippen LogP contribution is 2.18. The quantitative estimate of drug-likeness (QED) is 0.642. The molecular formula is C14H32N2. The summed E-state index contributed by atoms with van der Waals surface area (Å²) in [5.74, 6) is 0.799. The number of hydrogen-bond donors (Lipinski definition) is 1. The first-order chi connectivity index (χ1) is 7.31. The van der Waals surface area contributed by atoms with Crippen molar-refractivity contribution in [2.75, 3.05) is 20.1 Å². The van der Waals surface area contributed by atoms with E-state index in [2.05, 4.69) is 58.8 Å². The average molecular weight is 228 g/mol. The van der Waals surface area contributed by atoms with Gasteiger partial charge in [-0.2, -0.15) is 0 Å². The summed E-state index contributed by atoms with van der Waals surface area (Å²) in [6.07, 6.45) is 2.47. The molecule has 0 aromatic heterocycles. The molecule has 0 saturated carbocycles. The molecule has 2 heteroatoms. The van der Waals surface area contributed by atoms with Crippen molar-refractivity contribution in [1.82, 2.24) is 10.2 Å². The van der Waals surface area contributed by atoms with Crippen LogP contribution in [-0.2, 0) is 0 Å². The Balaban J connectivity index is 3.84. The Morgan fingerprint density at radius 2 is 1.75 bits per heavy atom. The van der Waals surface area contributed by atoms with Gasteiger partial charge < -0.3 is 5.32 Å². The summed E-state index contributed by atoms with van der Waals surface area (Å²) in [7, 11) is 2.23. The molecule has 98 valence electrons. The van der Waals surface area contributed by atoms with Crippen molar-refractivity contribution in [3.05, 3.63) is 0 Å². The van der Waals surface area contributed by atoms with E-state index in [4.69, 9.17) is 0 Å². The molecule has 0 spiro atoms. The lowest BCUT2D eigenvalue weighted by atomic mass is 9.98. The van der Waals surface area contributed by atoms with Crippen LogP contribution >= 0.6 is 0 Å². The summed E-state index contributed by atoms with van der Waals surface area (Å²) in [4.78, 5) is 2.48. The fraction of sp³-hybridized carbons (Fsp3) is 1.00. The molecule has 0 aromatic rings. The molecule has 1 unspecified atom stereocenters. The van der Waals surface area contributed by atoms with Gasteiger partial charge in [-0.1, -0.05) is 20.8 Å². The van der Waals surface area contributed by atoms with E-state index in [9.17, 15) is 0 Å². The minimum atomic E-state index is 0.305. The molecule has 1 N–H and O–H groups in total. The van der Waals surface area contributed by atoms with Crippen LogP contribution in [0.25, 0.3) is 0 Å². The van der Waals surface area contributed by atoms with Crippen LogP contribution in [0.2, 0.25) is 0 Å². The largest absolute Gasteiger partial charge is 0.315 e. The Morgan fingerprint density at radius 3 is 2.19 bits per heavy atom. The maximum absolute atomic E-state index is 3.55. The Labute approximate surface area is 103 Å². The molecule has 0 rings (SSSR count). The topological polar surface area (TPSA) is 15.3 Å². The van der Waals surface area contributed by atoms with Gasteiger partial charge in [0.15, 0.2) is 0 Å². The van der Waals surface area contributed by atoms with Crippen LogP contribution in [0.3, 0.4) is 0 Å². The third-order valence-corrected chi connectivity index (χ3v) is 3.82. The maximum Gasteiger partial charge on any atom is 0.0194 e. The lowest BCUT2D eigenvalue weighted by Gasteiger charge is -2.39. The highest BCUT2D eigenvalue weighted by molar-refractivity contribution is 4.82. The second kappa shape index (κ2) is 7.29. The zero-order chi connectivity index (χ0) is 12.8. The molecule has 0 radical (unpaired) electrons. The van der Waals surface area contributed by atoms with Crippen LogP contribution in [-0.4, -0.2) is 36.6 Å². The Kier molecular flexibility index (Phi) is 7.25. The number of likely N-dealkylation sites (N-methyl/N-ethyl adjacent to an activating group) is 1. The van der Waals surface area contributed by atoms with Crippen molar-refractivity contribution in [1.29, 1.82) is 0 Å². The van der Waals surface area contributed by atoms with E-state index in [1.807, 2.05) is 0 Å². The molecule has 0 fully saturated rings. The van der Waals surface area contributed by atoms with E-state index in [0.717, 1.165) is 19.0 Å². The van der Waals surface area contributed by atoms with Crippen molar-refractivity contribution in [3.8, 4) is 0 Å². The minimum absolute atomic E-state index is 0.305. The number of nitrogens with one attached hydrogen (secondary N) is 1. The van der Waals surface area contributed by atoms with E-state index in [1.165, 1.54) is 12.8 Å². The smallest absolute Gasteiger partial charge is 0.0194 e. The third kappa shape index (κ3) is 5.86. The van der Waals surface area contributed by atoms with E-state index < -0.39 is 0 Å². The van der Waals surface area contributed by atoms with E-state index in [0.29, 0.717) is 11.6 Å². The summed E-state index contributed by atoms with van der Waals surface area (Å²) < 4.78 is 0. The van der Waals surface area contributed by atoms with Crippen LogP contribution < -0.4 is 5.32 Å². The molecule has 0 heterocycles. The first-order valence-electron chi connectivity index (χ1n) is 6.75. The summed E-state index contributed by atoms with van der Waals surface area (Å²) in [6, 6.07) is 0.599. The summed E-state index contributed by atoms with van der Waals surface area (Å²) in [5.41, 5.74) is 0.305. The fourth-order valence-electron chi connectivity index (χ4n) is 1.68. The third-order valence-electron chi connectivity index (χ3n) is 3.82. The molecule has 0 amide bonds. The van der Waals surface area contributed by atoms with Gasteiger partial charge in [-0.3, -0.25) is 4.90 Å². The van der Waals surface area contributed by atoms with Gasteiger partial charge >= 0.3 is 0 Å². The SMILES string of the molecule is CCC(C)(C)N(C)C(C)CNCCC(C)C. The standard InChI is InChI=1S/C14H32N2/c1-8-14(5,6)16(7)13(4)11-15-10-9-12(2)3/h12-13,15H,8-11H2,1-7H3. The van der Waals surface area contributed by atoms with Crippen LogP contribution in [0.4, 0.5) is 0 Å². The van der Waals surface area contributed by atoms with Crippen molar-refractivity contribution >= 4 is 0 Å². The normalized spacial score (nSPS) is 14.8. The van der Waals surface area contributed by atoms with Crippen LogP contribution in [0.1, 0.15) is 54.4 Å². The minimum Gasteiger partial charge on any atom is -0.315 e. The molecular weight excluding hydrogens is 196 g/mol. The van der Waals surface area contributed by atoms with Gasteiger partial charge in [0, 0.05) is 18.1 Å². The molecule has 0 aliphatic carbocycles. The Hall–Kier alpha value is -0.0800. The average Bonchev–Trinajstić information content (AvgIpc) is 2.22. The predicted molar refractivity (Wildman–Crippen MR) is 73.9 cm³/mol. The summed E-state index contributed by atoms with van der Waals surface area (Å²) in [5, 5.41) is 3.55. The lowest BCUT2D eigenvalue weighted by Crippen LogP contribution is -2.49. The van der Waals surface area contributed by atoms with Gasteiger partial charge in [0.25, 0.3) is 0 Å². The van der Waals surface area contributed by atoms with Gasteiger partial charge in [-0.05, 0) is 53.1 Å². The molecule has 0 aliphatic rings. The van der Waals surface area contributed by atoms with E-state index in [-0.39, 0.29) is 0 Å². The Morgan fingerprint density at radius 1 is 1.19 bits per heavy atom. The summed E-state index contributed by atoms with van der Waals surface area (Å²) >= 11 is 0. The van der Waals surface area contributed by atoms with Gasteiger partial charge in [0.2, 0.25) is 0 Å². The van der Waals surface area contributed by atoms with E-state index >= 15 is 0 Å². The first-order valence-corrected chi connectivity index (χ1v) is 6.75. The monoisotopic (exact) mass is 228 g/mol. The molecule has 0 aliphatic heterocycles. The van der Waals surface area contributed by atoms with Crippen LogP contribution in [0.5, 0.6) is 0 Å². The van der Waals surface area contributed by atoms with Crippen LogP contribution in [0, 0.1) is 5.92 Å².